The zero-order chi connectivity index (χ0) is 9.30. The number of alkyl halides is 3. The zero-order valence-corrected chi connectivity index (χ0v) is 6.03. The highest BCUT2D eigenvalue weighted by Gasteiger charge is 2.46. The molecule has 5 atom stereocenters. The normalized spacial score (nSPS) is 49.2. The van der Waals surface area contributed by atoms with Gasteiger partial charge in [0.15, 0.2) is 24.8 Å². The Labute approximate surface area is 66.8 Å². The fourth-order valence-corrected chi connectivity index (χ4v) is 1.01. The van der Waals surface area contributed by atoms with Crippen molar-refractivity contribution >= 4 is 0 Å². The van der Waals surface area contributed by atoms with E-state index in [0.29, 0.717) is 0 Å². The first-order valence-corrected chi connectivity index (χ1v) is 3.44. The number of rotatable bonds is 1. The third kappa shape index (κ3) is 1.55. The fraction of sp³-hybridized carbons (Fsp3) is 1.00. The summed E-state index contributed by atoms with van der Waals surface area (Å²) in [5.41, 5.74) is 0. The number of hydrogen-bond donors (Lipinski definition) is 2. The van der Waals surface area contributed by atoms with Crippen LogP contribution in [-0.2, 0) is 4.74 Å². The summed E-state index contributed by atoms with van der Waals surface area (Å²) in [6.45, 7) is -0.786. The number of halogens is 3. The number of hydrogen-bond acceptors (Lipinski definition) is 3. The second-order valence-corrected chi connectivity index (χ2v) is 2.58. The second kappa shape index (κ2) is 3.59. The molecule has 1 aliphatic rings. The van der Waals surface area contributed by atoms with E-state index < -0.39 is 37.5 Å². The van der Waals surface area contributed by atoms with Gasteiger partial charge in [0.1, 0.15) is 6.10 Å². The van der Waals surface area contributed by atoms with Gasteiger partial charge in [-0.1, -0.05) is 0 Å². The standard InChI is InChI=1S/C6H9F3O3/c7-3-2(1-10)12-6(11)5(9)4(3)8/h2-6,10-11H,1H2/t2-,3-,4-,5+,6-/m1/s1. The minimum absolute atomic E-state index is 0.786. The minimum Gasteiger partial charge on any atom is -0.394 e. The van der Waals surface area contributed by atoms with Gasteiger partial charge in [0.25, 0.3) is 0 Å². The summed E-state index contributed by atoms with van der Waals surface area (Å²) in [7, 11) is 0. The molecular formula is C6H9F3O3. The van der Waals surface area contributed by atoms with Gasteiger partial charge in [0.2, 0.25) is 0 Å². The summed E-state index contributed by atoms with van der Waals surface area (Å²) >= 11 is 0. The van der Waals surface area contributed by atoms with Crippen LogP contribution in [0, 0.1) is 0 Å². The van der Waals surface area contributed by atoms with Crippen LogP contribution in [0.25, 0.3) is 0 Å². The molecule has 3 nitrogen and oxygen atoms in total. The quantitative estimate of drug-likeness (QED) is 0.591. The Morgan fingerprint density at radius 3 is 2.17 bits per heavy atom. The topological polar surface area (TPSA) is 49.7 Å². The molecule has 0 unspecified atom stereocenters. The van der Waals surface area contributed by atoms with Gasteiger partial charge in [-0.3, -0.25) is 0 Å². The van der Waals surface area contributed by atoms with Crippen molar-refractivity contribution in [2.24, 2.45) is 0 Å². The second-order valence-electron chi connectivity index (χ2n) is 2.58. The van der Waals surface area contributed by atoms with Crippen LogP contribution in [0.2, 0.25) is 0 Å². The van der Waals surface area contributed by atoms with Crippen molar-refractivity contribution in [3.05, 3.63) is 0 Å². The Hall–Kier alpha value is -0.330. The zero-order valence-electron chi connectivity index (χ0n) is 6.03. The summed E-state index contributed by atoms with van der Waals surface area (Å²) in [6, 6.07) is 0. The average Bonchev–Trinajstić information content (AvgIpc) is 2.08. The average molecular weight is 186 g/mol. The van der Waals surface area contributed by atoms with Crippen LogP contribution in [0.15, 0.2) is 0 Å². The molecule has 0 saturated carbocycles. The monoisotopic (exact) mass is 186 g/mol. The molecule has 6 heteroatoms. The molecule has 2 N–H and O–H groups in total. The smallest absolute Gasteiger partial charge is 0.189 e. The molecule has 1 saturated heterocycles. The van der Waals surface area contributed by atoms with Gasteiger partial charge < -0.3 is 14.9 Å². The summed E-state index contributed by atoms with van der Waals surface area (Å²) in [6.07, 6.45) is -10.5. The molecule has 0 spiro atoms. The minimum atomic E-state index is -2.44. The van der Waals surface area contributed by atoms with E-state index in [9.17, 15) is 13.2 Å². The Kier molecular flexibility index (Phi) is 2.92. The molecule has 1 fully saturated rings. The third-order valence-electron chi connectivity index (χ3n) is 1.73. The Morgan fingerprint density at radius 1 is 1.08 bits per heavy atom. The molecule has 0 bridgehead atoms. The Bertz CT molecular complexity index is 152. The van der Waals surface area contributed by atoms with Crippen molar-refractivity contribution in [3.8, 4) is 0 Å². The molecule has 1 aliphatic heterocycles. The first-order chi connectivity index (χ1) is 5.57. The molecule has 0 aromatic heterocycles. The molecule has 0 aromatic rings. The molecule has 72 valence electrons. The van der Waals surface area contributed by atoms with Crippen LogP contribution in [0.3, 0.4) is 0 Å². The Balaban J connectivity index is 2.63. The SMILES string of the molecule is OC[C@H]1O[C@@H](O)[C@@H](F)[C@H](F)[C@@H]1F. The maximum atomic E-state index is 12.7. The van der Waals surface area contributed by atoms with Crippen molar-refractivity contribution in [3.63, 3.8) is 0 Å². The van der Waals surface area contributed by atoms with Gasteiger partial charge in [-0.25, -0.2) is 13.2 Å². The number of aliphatic hydroxyl groups is 2. The number of aliphatic hydroxyl groups excluding tert-OH is 2. The van der Waals surface area contributed by atoms with Crippen LogP contribution < -0.4 is 0 Å². The van der Waals surface area contributed by atoms with Gasteiger partial charge in [-0.05, 0) is 0 Å². The van der Waals surface area contributed by atoms with Crippen molar-refractivity contribution in [1.29, 1.82) is 0 Å². The molecular weight excluding hydrogens is 177 g/mol. The molecule has 0 amide bonds. The summed E-state index contributed by atoms with van der Waals surface area (Å²) < 4.78 is 41.9. The molecule has 1 heterocycles. The molecule has 0 aromatic carbocycles. The van der Waals surface area contributed by atoms with E-state index in [4.69, 9.17) is 10.2 Å². The van der Waals surface area contributed by atoms with Crippen LogP contribution in [-0.4, -0.2) is 47.7 Å². The maximum Gasteiger partial charge on any atom is 0.189 e. The molecule has 0 aliphatic carbocycles. The van der Waals surface area contributed by atoms with Gasteiger partial charge in [0.05, 0.1) is 6.61 Å². The van der Waals surface area contributed by atoms with Crippen molar-refractivity contribution in [2.75, 3.05) is 6.61 Å². The lowest BCUT2D eigenvalue weighted by molar-refractivity contribution is -0.246. The highest BCUT2D eigenvalue weighted by atomic mass is 19.2. The predicted molar refractivity (Wildman–Crippen MR) is 32.7 cm³/mol. The van der Waals surface area contributed by atoms with Crippen LogP contribution in [0.1, 0.15) is 0 Å². The predicted octanol–water partition coefficient (Wildman–Crippen LogP) is -0.290. The van der Waals surface area contributed by atoms with Gasteiger partial charge in [0, 0.05) is 0 Å². The van der Waals surface area contributed by atoms with Gasteiger partial charge >= 0.3 is 0 Å². The lowest BCUT2D eigenvalue weighted by Crippen LogP contribution is -2.53. The Morgan fingerprint density at radius 2 is 1.67 bits per heavy atom. The van der Waals surface area contributed by atoms with Crippen molar-refractivity contribution in [1.82, 2.24) is 0 Å². The lowest BCUT2D eigenvalue weighted by Gasteiger charge is -2.33. The van der Waals surface area contributed by atoms with Crippen molar-refractivity contribution in [2.45, 2.75) is 30.9 Å². The van der Waals surface area contributed by atoms with E-state index in [1.165, 1.54) is 0 Å². The fourth-order valence-electron chi connectivity index (χ4n) is 1.01. The largest absolute Gasteiger partial charge is 0.394 e. The van der Waals surface area contributed by atoms with Crippen LogP contribution in [0.4, 0.5) is 13.2 Å². The molecule has 1 rings (SSSR count). The first kappa shape index (κ1) is 9.76. The van der Waals surface area contributed by atoms with Gasteiger partial charge in [-0.2, -0.15) is 0 Å². The van der Waals surface area contributed by atoms with E-state index in [2.05, 4.69) is 4.74 Å². The lowest BCUT2D eigenvalue weighted by atomic mass is 10.0. The highest BCUT2D eigenvalue weighted by molar-refractivity contribution is 4.89. The maximum absolute atomic E-state index is 12.7. The van der Waals surface area contributed by atoms with E-state index in [0.717, 1.165) is 0 Å². The summed E-state index contributed by atoms with van der Waals surface area (Å²) in [4.78, 5) is 0. The molecule has 0 radical (unpaired) electrons. The van der Waals surface area contributed by atoms with Crippen molar-refractivity contribution < 1.29 is 28.1 Å². The van der Waals surface area contributed by atoms with Crippen LogP contribution in [0.5, 0.6) is 0 Å². The van der Waals surface area contributed by atoms with E-state index >= 15 is 0 Å². The summed E-state index contributed by atoms with van der Waals surface area (Å²) in [5, 5.41) is 17.1. The first-order valence-electron chi connectivity index (χ1n) is 3.44. The third-order valence-corrected chi connectivity index (χ3v) is 1.73. The summed E-state index contributed by atoms with van der Waals surface area (Å²) in [5.74, 6) is 0. The number of ether oxygens (including phenoxy) is 1. The highest BCUT2D eigenvalue weighted by Crippen LogP contribution is 2.26. The van der Waals surface area contributed by atoms with E-state index in [-0.39, 0.29) is 0 Å². The van der Waals surface area contributed by atoms with Crippen LogP contribution >= 0.6 is 0 Å². The van der Waals surface area contributed by atoms with Gasteiger partial charge in [-0.15, -0.1) is 0 Å². The van der Waals surface area contributed by atoms with E-state index in [1.54, 1.807) is 0 Å². The molecule has 12 heavy (non-hydrogen) atoms. The van der Waals surface area contributed by atoms with E-state index in [1.807, 2.05) is 0 Å².